The molecule has 1 heterocycles. The van der Waals surface area contributed by atoms with Gasteiger partial charge in [0.2, 0.25) is 6.79 Å². The molecule has 0 saturated heterocycles. The van der Waals surface area contributed by atoms with Crippen molar-refractivity contribution in [2.75, 3.05) is 26.6 Å². The van der Waals surface area contributed by atoms with E-state index < -0.39 is 0 Å². The lowest BCUT2D eigenvalue weighted by atomic mass is 10.2. The van der Waals surface area contributed by atoms with E-state index in [1.807, 2.05) is 6.07 Å². The summed E-state index contributed by atoms with van der Waals surface area (Å²) in [6.07, 6.45) is 0. The predicted octanol–water partition coefficient (Wildman–Crippen LogP) is 2.94. The zero-order valence-corrected chi connectivity index (χ0v) is 13.0. The predicted molar refractivity (Wildman–Crippen MR) is 77.6 cm³/mol. The summed E-state index contributed by atoms with van der Waals surface area (Å²) < 4.78 is 17.2. The first-order valence-electron chi connectivity index (χ1n) is 6.53. The van der Waals surface area contributed by atoms with Gasteiger partial charge in [-0.25, -0.2) is 0 Å². The molecule has 1 aliphatic heterocycles. The normalized spacial score (nSPS) is 13.3. The highest BCUT2D eigenvalue weighted by atomic mass is 79.9. The molecule has 0 bridgehead atoms. The number of nitrogens with one attached hydrogen (secondary N) is 1. The Hall–Kier alpha value is -0.780. The molecular formula is C14H20BrNO3. The van der Waals surface area contributed by atoms with E-state index in [0.29, 0.717) is 12.7 Å². The molecule has 19 heavy (non-hydrogen) atoms. The molecule has 0 fully saturated rings. The van der Waals surface area contributed by atoms with Crippen molar-refractivity contribution >= 4 is 15.9 Å². The van der Waals surface area contributed by atoms with Crippen molar-refractivity contribution in [2.24, 2.45) is 5.92 Å². The van der Waals surface area contributed by atoms with Crippen molar-refractivity contribution in [3.8, 4) is 11.5 Å². The number of ether oxygens (including phenoxy) is 3. The molecule has 1 aromatic carbocycles. The van der Waals surface area contributed by atoms with Crippen LogP contribution in [0.1, 0.15) is 19.4 Å². The summed E-state index contributed by atoms with van der Waals surface area (Å²) in [5.41, 5.74) is 1.17. The minimum atomic E-state index is 0.299. The highest BCUT2D eigenvalue weighted by Gasteiger charge is 2.17. The first-order valence-corrected chi connectivity index (χ1v) is 7.32. The SMILES string of the molecule is CC(C)COCCNCc1cc(Br)c2c(c1)OCO2. The van der Waals surface area contributed by atoms with Gasteiger partial charge in [0, 0.05) is 19.7 Å². The maximum absolute atomic E-state index is 5.51. The highest BCUT2D eigenvalue weighted by Crippen LogP contribution is 2.39. The molecule has 0 aliphatic carbocycles. The van der Waals surface area contributed by atoms with Crippen LogP contribution in [0.3, 0.4) is 0 Å². The first kappa shape index (κ1) is 14.6. The van der Waals surface area contributed by atoms with Gasteiger partial charge >= 0.3 is 0 Å². The van der Waals surface area contributed by atoms with Crippen LogP contribution in [0.4, 0.5) is 0 Å². The minimum absolute atomic E-state index is 0.299. The molecule has 0 radical (unpaired) electrons. The van der Waals surface area contributed by atoms with Gasteiger partial charge in [-0.2, -0.15) is 0 Å². The zero-order valence-electron chi connectivity index (χ0n) is 11.4. The summed E-state index contributed by atoms with van der Waals surface area (Å²) in [5.74, 6) is 2.19. The molecule has 0 saturated carbocycles. The third-order valence-electron chi connectivity index (χ3n) is 2.69. The monoisotopic (exact) mass is 329 g/mol. The Morgan fingerprint density at radius 3 is 3.00 bits per heavy atom. The lowest BCUT2D eigenvalue weighted by Gasteiger charge is -2.09. The van der Waals surface area contributed by atoms with E-state index in [-0.39, 0.29) is 0 Å². The Morgan fingerprint density at radius 2 is 2.21 bits per heavy atom. The van der Waals surface area contributed by atoms with Gasteiger partial charge in [0.05, 0.1) is 11.1 Å². The first-order chi connectivity index (χ1) is 9.16. The maximum Gasteiger partial charge on any atom is 0.231 e. The summed E-state index contributed by atoms with van der Waals surface area (Å²) in [5, 5.41) is 3.35. The second-order valence-electron chi connectivity index (χ2n) is 4.96. The van der Waals surface area contributed by atoms with E-state index in [0.717, 1.165) is 42.3 Å². The van der Waals surface area contributed by atoms with E-state index >= 15 is 0 Å². The fraction of sp³-hybridized carbons (Fsp3) is 0.571. The van der Waals surface area contributed by atoms with Crippen molar-refractivity contribution in [1.29, 1.82) is 0 Å². The highest BCUT2D eigenvalue weighted by molar-refractivity contribution is 9.10. The van der Waals surface area contributed by atoms with E-state index in [2.05, 4.69) is 41.2 Å². The molecule has 0 unspecified atom stereocenters. The molecule has 1 N–H and O–H groups in total. The maximum atomic E-state index is 5.51. The molecule has 1 aromatic rings. The van der Waals surface area contributed by atoms with Crippen LogP contribution in [0, 0.1) is 5.92 Å². The zero-order chi connectivity index (χ0) is 13.7. The molecule has 1 aliphatic rings. The molecule has 0 amide bonds. The van der Waals surface area contributed by atoms with Gasteiger partial charge in [-0.05, 0) is 39.5 Å². The van der Waals surface area contributed by atoms with Crippen LogP contribution in [0.5, 0.6) is 11.5 Å². The van der Waals surface area contributed by atoms with Gasteiger partial charge in [0.15, 0.2) is 11.5 Å². The number of hydrogen-bond donors (Lipinski definition) is 1. The fourth-order valence-electron chi connectivity index (χ4n) is 1.82. The van der Waals surface area contributed by atoms with Crippen LogP contribution in [0.2, 0.25) is 0 Å². The van der Waals surface area contributed by atoms with Gasteiger partial charge in [-0.15, -0.1) is 0 Å². The lowest BCUT2D eigenvalue weighted by Crippen LogP contribution is -2.20. The van der Waals surface area contributed by atoms with Gasteiger partial charge < -0.3 is 19.5 Å². The number of fused-ring (bicyclic) bond motifs is 1. The fourth-order valence-corrected chi connectivity index (χ4v) is 2.42. The quantitative estimate of drug-likeness (QED) is 0.781. The van der Waals surface area contributed by atoms with Crippen LogP contribution >= 0.6 is 15.9 Å². The van der Waals surface area contributed by atoms with Crippen molar-refractivity contribution in [3.05, 3.63) is 22.2 Å². The summed E-state index contributed by atoms with van der Waals surface area (Å²) in [4.78, 5) is 0. The molecule has 106 valence electrons. The van der Waals surface area contributed by atoms with Gasteiger partial charge in [-0.3, -0.25) is 0 Å². The number of benzene rings is 1. The number of rotatable bonds is 7. The van der Waals surface area contributed by atoms with Gasteiger partial charge in [0.1, 0.15) is 0 Å². The molecule has 4 nitrogen and oxygen atoms in total. The van der Waals surface area contributed by atoms with E-state index in [4.69, 9.17) is 14.2 Å². The number of hydrogen-bond acceptors (Lipinski definition) is 4. The van der Waals surface area contributed by atoms with Crippen LogP contribution in [-0.4, -0.2) is 26.6 Å². The smallest absolute Gasteiger partial charge is 0.231 e. The molecule has 2 rings (SSSR count). The van der Waals surface area contributed by atoms with Gasteiger partial charge in [0.25, 0.3) is 0 Å². The molecule has 5 heteroatoms. The van der Waals surface area contributed by atoms with Crippen molar-refractivity contribution in [3.63, 3.8) is 0 Å². The topological polar surface area (TPSA) is 39.7 Å². The van der Waals surface area contributed by atoms with Crippen molar-refractivity contribution in [1.82, 2.24) is 5.32 Å². The Balaban J connectivity index is 1.73. The Morgan fingerprint density at radius 1 is 1.37 bits per heavy atom. The second-order valence-corrected chi connectivity index (χ2v) is 5.81. The van der Waals surface area contributed by atoms with Crippen LogP contribution < -0.4 is 14.8 Å². The van der Waals surface area contributed by atoms with E-state index in [1.54, 1.807) is 0 Å². The standard InChI is InChI=1S/C14H20BrNO3/c1-10(2)8-17-4-3-16-7-11-5-12(15)14-13(6-11)18-9-19-14/h5-6,10,16H,3-4,7-9H2,1-2H3. The average molecular weight is 330 g/mol. The Kier molecular flexibility index (Phi) is 5.48. The summed E-state index contributed by atoms with van der Waals surface area (Å²) in [6.45, 7) is 7.79. The molecule has 0 spiro atoms. The van der Waals surface area contributed by atoms with Crippen LogP contribution in [-0.2, 0) is 11.3 Å². The lowest BCUT2D eigenvalue weighted by molar-refractivity contribution is 0.111. The number of halogens is 1. The third kappa shape index (κ3) is 4.37. The van der Waals surface area contributed by atoms with E-state index in [9.17, 15) is 0 Å². The van der Waals surface area contributed by atoms with Crippen molar-refractivity contribution < 1.29 is 14.2 Å². The minimum Gasteiger partial charge on any atom is -0.454 e. The summed E-state index contributed by atoms with van der Waals surface area (Å²) in [6, 6.07) is 4.06. The van der Waals surface area contributed by atoms with E-state index in [1.165, 1.54) is 5.56 Å². The second kappa shape index (κ2) is 7.12. The van der Waals surface area contributed by atoms with Crippen molar-refractivity contribution in [2.45, 2.75) is 20.4 Å². The Labute approximate surface area is 122 Å². The van der Waals surface area contributed by atoms with Crippen LogP contribution in [0.15, 0.2) is 16.6 Å². The van der Waals surface area contributed by atoms with Crippen LogP contribution in [0.25, 0.3) is 0 Å². The summed E-state index contributed by atoms with van der Waals surface area (Å²) >= 11 is 3.49. The average Bonchev–Trinajstić information content (AvgIpc) is 2.82. The Bertz CT molecular complexity index is 423. The molecular weight excluding hydrogens is 310 g/mol. The molecule has 0 aromatic heterocycles. The third-order valence-corrected chi connectivity index (χ3v) is 3.28. The molecule has 0 atom stereocenters. The largest absolute Gasteiger partial charge is 0.454 e. The summed E-state index contributed by atoms with van der Waals surface area (Å²) in [7, 11) is 0. The van der Waals surface area contributed by atoms with Gasteiger partial charge in [-0.1, -0.05) is 13.8 Å².